The maximum Gasteiger partial charge on any atom is 0.258 e. The number of nitriles is 1. The normalized spacial score (nSPS) is 18.0. The molecule has 6 aromatic rings. The number of anilines is 1. The van der Waals surface area contributed by atoms with Crippen LogP contribution in [-0.4, -0.2) is 123 Å². The molecule has 10 rings (SSSR count). The molecule has 4 aliphatic heterocycles. The maximum atomic E-state index is 16.1. The van der Waals surface area contributed by atoms with Gasteiger partial charge in [0.25, 0.3) is 11.8 Å². The summed E-state index contributed by atoms with van der Waals surface area (Å²) in [6.07, 6.45) is 4.64. The molecule has 0 aliphatic carbocycles. The van der Waals surface area contributed by atoms with Crippen molar-refractivity contribution in [3.05, 3.63) is 147 Å². The first-order valence-corrected chi connectivity index (χ1v) is 26.4. The Kier molecular flexibility index (Phi) is 15.0. The molecule has 4 aliphatic rings. The largest absolute Gasteiger partial charge is 0.508 e. The number of halogens is 1. The number of morpholine rings is 1. The van der Waals surface area contributed by atoms with Crippen LogP contribution in [0.2, 0.25) is 0 Å². The molecule has 6 heterocycles. The lowest BCUT2D eigenvalue weighted by Crippen LogP contribution is -2.51. The number of rotatable bonds is 13. The Balaban J connectivity index is 1.03. The van der Waals surface area contributed by atoms with Crippen LogP contribution in [-0.2, 0) is 56.0 Å². The number of aromatic nitrogens is 2. The first-order chi connectivity index (χ1) is 36.2. The second-order valence-electron chi connectivity index (χ2n) is 20.9. The molecule has 0 spiro atoms. The number of nitrogens with one attached hydrogen (secondary N) is 1. The number of nitrogens with zero attached hydrogens (tertiary/aromatic N) is 7. The molecular formula is C60H67FN8O6. The highest BCUT2D eigenvalue weighted by Gasteiger charge is 2.37. The van der Waals surface area contributed by atoms with Gasteiger partial charge in [-0.15, -0.1) is 0 Å². The highest BCUT2D eigenvalue weighted by Crippen LogP contribution is 2.44. The minimum absolute atomic E-state index is 0.0680. The van der Waals surface area contributed by atoms with Crippen molar-refractivity contribution >= 4 is 23.4 Å². The molecule has 0 unspecified atom stereocenters. The van der Waals surface area contributed by atoms with E-state index in [-0.39, 0.29) is 54.1 Å². The highest BCUT2D eigenvalue weighted by atomic mass is 19.1. The lowest BCUT2D eigenvalue weighted by molar-refractivity contribution is -0.131. The van der Waals surface area contributed by atoms with Crippen LogP contribution < -0.4 is 10.1 Å². The first-order valence-electron chi connectivity index (χ1n) is 26.4. The van der Waals surface area contributed by atoms with Gasteiger partial charge in [-0.25, -0.2) is 4.39 Å². The van der Waals surface area contributed by atoms with E-state index >= 15 is 9.18 Å². The standard InChI is InChI=1S/C60H67FN8O6/c1-38-34-67(23-25-74-38)24-26-75-50-18-13-43(54(61)32-50)30-55(71)68-22-19-42-28-52(53(29-45(42)35-68)60(73)69-36-44-12-8-7-11-41(44)27-48(69)37-66-20-9-6-10-21-66)58-57(51-31-47(33-62)64(4)39(51)2)56(40(3)65(58)5)59(72)63-46-14-16-49(70)17-15-46/h7-8,11-18,28-29,31-32,38,48,70H,6,9-10,19-27,30,34-37H2,1-5H3,(H,63,72)/t38-,48-/m0/s1. The highest BCUT2D eigenvalue weighted by molar-refractivity contribution is 6.14. The van der Waals surface area contributed by atoms with Gasteiger partial charge in [0.15, 0.2) is 0 Å². The van der Waals surface area contributed by atoms with Crippen molar-refractivity contribution in [2.24, 2.45) is 14.1 Å². The SMILES string of the molecule is Cc1c(-c2c(C(=O)Nc3ccc(O)cc3)c(C)n(C)c2-c2cc3c(cc2C(=O)N2Cc4ccccc4C[C@H]2CN2CCCCC2)CN(C(=O)Cc2ccc(OCCN4CCO[C@@H](C)C4)cc2F)CC3)cc(C#N)n1C. The number of hydrogen-bond acceptors (Lipinski definition) is 9. The molecule has 2 saturated heterocycles. The van der Waals surface area contributed by atoms with E-state index in [2.05, 4.69) is 45.5 Å². The summed E-state index contributed by atoms with van der Waals surface area (Å²) in [5.74, 6) is -0.785. The van der Waals surface area contributed by atoms with Gasteiger partial charge in [0, 0.05) is 111 Å². The van der Waals surface area contributed by atoms with E-state index in [4.69, 9.17) is 9.47 Å². The van der Waals surface area contributed by atoms with Crippen molar-refractivity contribution in [2.45, 2.75) is 84.5 Å². The van der Waals surface area contributed by atoms with Gasteiger partial charge in [0.05, 0.1) is 30.4 Å². The molecule has 2 fully saturated rings. The van der Waals surface area contributed by atoms with Crippen molar-refractivity contribution in [1.82, 2.24) is 28.7 Å². The molecule has 0 bridgehead atoms. The number of phenolic OH excluding ortho intramolecular Hbond substituents is 1. The van der Waals surface area contributed by atoms with Crippen molar-refractivity contribution in [3.8, 4) is 40.0 Å². The van der Waals surface area contributed by atoms with E-state index in [1.165, 1.54) is 30.2 Å². The third-order valence-corrected chi connectivity index (χ3v) is 16.1. The summed E-state index contributed by atoms with van der Waals surface area (Å²) in [5, 5.41) is 23.4. The predicted molar refractivity (Wildman–Crippen MR) is 286 cm³/mol. The average Bonchev–Trinajstić information content (AvgIpc) is 3.86. The minimum atomic E-state index is -0.502. The molecule has 390 valence electrons. The van der Waals surface area contributed by atoms with Crippen molar-refractivity contribution in [3.63, 3.8) is 0 Å². The molecule has 4 aromatic carbocycles. The Labute approximate surface area is 438 Å². The third kappa shape index (κ3) is 10.7. The van der Waals surface area contributed by atoms with Gasteiger partial charge in [-0.05, 0) is 136 Å². The quantitative estimate of drug-likeness (QED) is 0.109. The molecule has 0 saturated carbocycles. The lowest BCUT2D eigenvalue weighted by atomic mass is 9.87. The van der Waals surface area contributed by atoms with Gasteiger partial charge in [0.1, 0.15) is 35.7 Å². The van der Waals surface area contributed by atoms with E-state index in [1.807, 2.05) is 61.0 Å². The van der Waals surface area contributed by atoms with Crippen molar-refractivity contribution < 1.29 is 33.4 Å². The van der Waals surface area contributed by atoms with E-state index in [9.17, 15) is 20.0 Å². The summed E-state index contributed by atoms with van der Waals surface area (Å²) >= 11 is 0. The van der Waals surface area contributed by atoms with Crippen LogP contribution in [0.1, 0.15) is 91.8 Å². The van der Waals surface area contributed by atoms with E-state index in [0.717, 1.165) is 67.9 Å². The van der Waals surface area contributed by atoms with Crippen LogP contribution in [0, 0.1) is 31.0 Å². The number of hydrogen-bond donors (Lipinski definition) is 2. The molecule has 15 heteroatoms. The zero-order chi connectivity index (χ0) is 52.5. The van der Waals surface area contributed by atoms with E-state index in [0.29, 0.717) is 102 Å². The summed E-state index contributed by atoms with van der Waals surface area (Å²) < 4.78 is 31.1. The monoisotopic (exact) mass is 1010 g/mol. The molecule has 0 radical (unpaired) electrons. The molecular weight excluding hydrogens is 948 g/mol. The summed E-state index contributed by atoms with van der Waals surface area (Å²) in [6.45, 7) is 13.0. The average molecular weight is 1020 g/mol. The molecule has 75 heavy (non-hydrogen) atoms. The van der Waals surface area contributed by atoms with Gasteiger partial charge in [-0.1, -0.05) is 36.8 Å². The van der Waals surface area contributed by atoms with Crippen LogP contribution in [0.25, 0.3) is 22.4 Å². The number of amides is 3. The Morgan fingerprint density at radius 2 is 1.61 bits per heavy atom. The fourth-order valence-corrected chi connectivity index (χ4v) is 11.7. The van der Waals surface area contributed by atoms with Crippen LogP contribution in [0.4, 0.5) is 10.1 Å². The zero-order valence-corrected chi connectivity index (χ0v) is 43.8. The number of fused-ring (bicyclic) bond motifs is 2. The molecule has 2 atom stereocenters. The van der Waals surface area contributed by atoms with Crippen molar-refractivity contribution in [1.29, 1.82) is 5.26 Å². The Bertz CT molecular complexity index is 3180. The van der Waals surface area contributed by atoms with E-state index in [1.54, 1.807) is 35.2 Å². The predicted octanol–water partition coefficient (Wildman–Crippen LogP) is 8.56. The second-order valence-corrected chi connectivity index (χ2v) is 20.9. The Hall–Kier alpha value is -7.25. The maximum absolute atomic E-state index is 16.1. The summed E-state index contributed by atoms with van der Waals surface area (Å²) in [5.41, 5.74) is 10.1. The summed E-state index contributed by atoms with van der Waals surface area (Å²) in [6, 6.07) is 27.4. The van der Waals surface area contributed by atoms with Crippen LogP contribution in [0.15, 0.2) is 84.9 Å². The fraction of sp³-hybridized carbons (Fsp3) is 0.400. The molecule has 14 nitrogen and oxygen atoms in total. The lowest BCUT2D eigenvalue weighted by Gasteiger charge is -2.41. The number of phenols is 1. The number of carbonyl (C=O) groups excluding carboxylic acids is 3. The number of piperidine rings is 1. The smallest absolute Gasteiger partial charge is 0.258 e. The Morgan fingerprint density at radius 3 is 2.35 bits per heavy atom. The number of aromatic hydroxyl groups is 1. The first kappa shape index (κ1) is 51.2. The fourth-order valence-electron chi connectivity index (χ4n) is 11.7. The molecule has 2 N–H and O–H groups in total. The molecule has 2 aromatic heterocycles. The van der Waals surface area contributed by atoms with Crippen LogP contribution in [0.5, 0.6) is 11.5 Å². The third-order valence-electron chi connectivity index (χ3n) is 16.1. The van der Waals surface area contributed by atoms with Gasteiger partial charge in [-0.2, -0.15) is 5.26 Å². The molecule has 3 amide bonds. The van der Waals surface area contributed by atoms with Gasteiger partial charge in [-0.3, -0.25) is 19.3 Å². The second kappa shape index (κ2) is 21.9. The van der Waals surface area contributed by atoms with Crippen LogP contribution in [0.3, 0.4) is 0 Å². The summed E-state index contributed by atoms with van der Waals surface area (Å²) in [7, 11) is 3.73. The Morgan fingerprint density at radius 1 is 0.840 bits per heavy atom. The number of ether oxygens (including phenoxy) is 2. The van der Waals surface area contributed by atoms with Gasteiger partial charge in [0.2, 0.25) is 5.91 Å². The zero-order valence-electron chi connectivity index (χ0n) is 43.8. The van der Waals surface area contributed by atoms with Gasteiger partial charge < -0.3 is 43.7 Å². The van der Waals surface area contributed by atoms with Gasteiger partial charge >= 0.3 is 0 Å². The number of likely N-dealkylation sites (tertiary alicyclic amines) is 1. The minimum Gasteiger partial charge on any atom is -0.508 e. The van der Waals surface area contributed by atoms with Crippen LogP contribution >= 0.6 is 0 Å². The topological polar surface area (TPSA) is 149 Å². The number of benzene rings is 4. The van der Waals surface area contributed by atoms with E-state index < -0.39 is 5.82 Å². The van der Waals surface area contributed by atoms with Crippen molar-refractivity contribution in [2.75, 3.05) is 64.3 Å². The number of carbonyl (C=O) groups is 3. The summed E-state index contributed by atoms with van der Waals surface area (Å²) in [4.78, 5) is 53.6.